The number of aromatic nitrogens is 4. The monoisotopic (exact) mass is 757 g/mol. The van der Waals surface area contributed by atoms with E-state index in [1.807, 2.05) is 38.1 Å². The highest BCUT2D eigenvalue weighted by Gasteiger charge is 2.25. The molecule has 14 heteroatoms. The first-order valence-electron chi connectivity index (χ1n) is 18.7. The van der Waals surface area contributed by atoms with E-state index in [4.69, 9.17) is 9.47 Å². The fourth-order valence-electron chi connectivity index (χ4n) is 7.23. The molecule has 54 heavy (non-hydrogen) atoms. The van der Waals surface area contributed by atoms with Gasteiger partial charge in [0.25, 0.3) is 0 Å². The molecule has 2 aliphatic rings. The van der Waals surface area contributed by atoms with Crippen LogP contribution in [0.3, 0.4) is 0 Å². The van der Waals surface area contributed by atoms with E-state index in [9.17, 15) is 17.6 Å². The lowest BCUT2D eigenvalue weighted by atomic mass is 9.97. The molecule has 3 aromatic carbocycles. The lowest BCUT2D eigenvalue weighted by molar-refractivity contribution is 0.0342. The van der Waals surface area contributed by atoms with Crippen LogP contribution >= 0.6 is 0 Å². The summed E-state index contributed by atoms with van der Waals surface area (Å²) in [5, 5.41) is 9.27. The number of esters is 1. The average molecular weight is 758 g/mol. The lowest BCUT2D eigenvalue weighted by Gasteiger charge is -2.31. The van der Waals surface area contributed by atoms with E-state index in [1.54, 1.807) is 29.1 Å². The Morgan fingerprint density at radius 1 is 1.02 bits per heavy atom. The molecule has 0 radical (unpaired) electrons. The summed E-state index contributed by atoms with van der Waals surface area (Å²) >= 11 is 0. The minimum absolute atomic E-state index is 0.167. The van der Waals surface area contributed by atoms with Gasteiger partial charge in [-0.3, -0.25) is 9.58 Å². The molecule has 0 spiro atoms. The van der Waals surface area contributed by atoms with Crippen LogP contribution in [0.25, 0.3) is 33.3 Å². The summed E-state index contributed by atoms with van der Waals surface area (Å²) in [6.07, 6.45) is 3.63. The number of fused-ring (bicyclic) bond motifs is 1. The Morgan fingerprint density at radius 2 is 1.78 bits per heavy atom. The zero-order valence-corrected chi connectivity index (χ0v) is 31.7. The number of hydrogen-bond acceptors (Lipinski definition) is 9. The number of carbonyl (C=O) groups excluding carboxylic acids is 1. The fourth-order valence-corrected chi connectivity index (χ4v) is 8.25. The van der Waals surface area contributed by atoms with Crippen LogP contribution < -0.4 is 4.72 Å². The van der Waals surface area contributed by atoms with E-state index in [-0.39, 0.29) is 23.1 Å². The van der Waals surface area contributed by atoms with Gasteiger partial charge in [0.05, 0.1) is 30.9 Å². The van der Waals surface area contributed by atoms with Gasteiger partial charge >= 0.3 is 5.97 Å². The second-order valence-corrected chi connectivity index (χ2v) is 16.4. The Balaban J connectivity index is 0.905. The predicted octanol–water partition coefficient (Wildman–Crippen LogP) is 5.57. The molecule has 7 rings (SSSR count). The van der Waals surface area contributed by atoms with Crippen molar-refractivity contribution in [1.29, 1.82) is 0 Å². The largest absolute Gasteiger partial charge is 0.461 e. The smallest absolute Gasteiger partial charge is 0.355 e. The van der Waals surface area contributed by atoms with Crippen LogP contribution in [-0.2, 0) is 32.6 Å². The SMILES string of the molecule is CC(C)COC(=O)c1[nH]c2ccc(F)cc2c1-c1cn(CC2CCN(CCNS(=O)(=O)c3ccc(-c4ccccc4CN4CCOCC4)cc3)CC2)nn1. The molecule has 12 nitrogen and oxygen atoms in total. The summed E-state index contributed by atoms with van der Waals surface area (Å²) in [5.74, 6) is -0.418. The fraction of sp³-hybridized carbons (Fsp3) is 0.425. The van der Waals surface area contributed by atoms with Crippen LogP contribution in [-0.4, -0.2) is 103 Å². The molecule has 4 heterocycles. The maximum Gasteiger partial charge on any atom is 0.355 e. The Morgan fingerprint density at radius 3 is 2.54 bits per heavy atom. The Hall–Kier alpha value is -4.47. The van der Waals surface area contributed by atoms with Crippen molar-refractivity contribution in [2.75, 3.05) is 59.1 Å². The number of H-pyrrole nitrogens is 1. The minimum Gasteiger partial charge on any atom is -0.461 e. The molecule has 0 atom stereocenters. The quantitative estimate of drug-likeness (QED) is 0.140. The Bertz CT molecular complexity index is 2150. The van der Waals surface area contributed by atoms with Gasteiger partial charge < -0.3 is 19.4 Å². The molecule has 2 aliphatic heterocycles. The number of rotatable bonds is 14. The third-order valence-corrected chi connectivity index (χ3v) is 11.6. The van der Waals surface area contributed by atoms with Gasteiger partial charge in [-0.25, -0.2) is 22.3 Å². The summed E-state index contributed by atoms with van der Waals surface area (Å²) in [5.41, 5.74) is 5.09. The van der Waals surface area contributed by atoms with Crippen molar-refractivity contribution >= 4 is 26.9 Å². The minimum atomic E-state index is -3.66. The van der Waals surface area contributed by atoms with Crippen molar-refractivity contribution in [1.82, 2.24) is 34.5 Å². The van der Waals surface area contributed by atoms with Crippen molar-refractivity contribution in [2.24, 2.45) is 11.8 Å². The van der Waals surface area contributed by atoms with Crippen molar-refractivity contribution in [3.8, 4) is 22.4 Å². The molecule has 5 aromatic rings. The number of aromatic amines is 1. The first-order valence-corrected chi connectivity index (χ1v) is 20.2. The number of piperidine rings is 1. The molecule has 0 aliphatic carbocycles. The second-order valence-electron chi connectivity index (χ2n) is 14.6. The van der Waals surface area contributed by atoms with E-state index in [0.29, 0.717) is 47.7 Å². The summed E-state index contributed by atoms with van der Waals surface area (Å²) in [6.45, 7) is 11.5. The van der Waals surface area contributed by atoms with Crippen LogP contribution in [0.4, 0.5) is 4.39 Å². The standard InChI is InChI=1S/C40H48FN7O5S/c1-28(2)27-53-40(49)39-38(35-23-32(41)9-12-36(35)43-39)37-26-48(45-44-37)24-29-13-16-46(17-14-29)18-15-42-54(50,51)33-10-7-30(8-11-33)34-6-4-3-5-31(34)25-47-19-21-52-22-20-47/h3-12,23,26,28-29,42-43H,13-22,24-25,27H2,1-2H3. The summed E-state index contributed by atoms with van der Waals surface area (Å²) < 4.78 is 56.2. The van der Waals surface area contributed by atoms with Crippen molar-refractivity contribution < 1.29 is 27.1 Å². The Labute approximate surface area is 315 Å². The normalized spacial score (nSPS) is 16.4. The highest BCUT2D eigenvalue weighted by atomic mass is 32.2. The first kappa shape index (κ1) is 37.8. The van der Waals surface area contributed by atoms with Gasteiger partial charge in [-0.05, 0) is 84.8 Å². The van der Waals surface area contributed by atoms with Crippen LogP contribution in [0.15, 0.2) is 77.8 Å². The number of nitrogens with one attached hydrogen (secondary N) is 2. The number of carbonyl (C=O) groups is 1. The van der Waals surface area contributed by atoms with Crippen molar-refractivity contribution in [2.45, 2.75) is 44.7 Å². The van der Waals surface area contributed by atoms with Gasteiger partial charge in [-0.15, -0.1) is 5.10 Å². The number of ether oxygens (including phenoxy) is 2. The number of likely N-dealkylation sites (tertiary alicyclic amines) is 1. The summed E-state index contributed by atoms with van der Waals surface area (Å²) in [7, 11) is -3.66. The van der Waals surface area contributed by atoms with E-state index < -0.39 is 21.8 Å². The van der Waals surface area contributed by atoms with Crippen LogP contribution in [0, 0.1) is 17.7 Å². The van der Waals surface area contributed by atoms with Crippen molar-refractivity contribution in [3.63, 3.8) is 0 Å². The van der Waals surface area contributed by atoms with Crippen LogP contribution in [0.1, 0.15) is 42.7 Å². The zero-order chi connectivity index (χ0) is 37.7. The number of nitrogens with zero attached hydrogens (tertiary/aromatic N) is 5. The third kappa shape index (κ3) is 9.07. The molecule has 2 saturated heterocycles. The molecule has 2 N–H and O–H groups in total. The molecule has 2 aromatic heterocycles. The van der Waals surface area contributed by atoms with Gasteiger partial charge in [0.2, 0.25) is 10.0 Å². The van der Waals surface area contributed by atoms with Gasteiger partial charge in [0.1, 0.15) is 17.2 Å². The van der Waals surface area contributed by atoms with E-state index in [0.717, 1.165) is 69.9 Å². The van der Waals surface area contributed by atoms with E-state index in [2.05, 4.69) is 42.0 Å². The van der Waals surface area contributed by atoms with Crippen LogP contribution in [0.5, 0.6) is 0 Å². The number of hydrogen-bond donors (Lipinski definition) is 2. The molecular weight excluding hydrogens is 710 g/mol. The summed E-state index contributed by atoms with van der Waals surface area (Å²) in [4.78, 5) is 21.0. The molecule has 0 bridgehead atoms. The number of sulfonamides is 1. The highest BCUT2D eigenvalue weighted by Crippen LogP contribution is 2.33. The van der Waals surface area contributed by atoms with Gasteiger partial charge in [0.15, 0.2) is 0 Å². The lowest BCUT2D eigenvalue weighted by Crippen LogP contribution is -2.40. The zero-order valence-electron chi connectivity index (χ0n) is 30.8. The van der Waals surface area contributed by atoms with Gasteiger partial charge in [0, 0.05) is 55.7 Å². The molecule has 2 fully saturated rings. The van der Waals surface area contributed by atoms with Gasteiger partial charge in [-0.1, -0.05) is 55.5 Å². The van der Waals surface area contributed by atoms with Crippen LogP contribution in [0.2, 0.25) is 0 Å². The molecule has 286 valence electrons. The topological polar surface area (TPSA) is 135 Å². The first-order chi connectivity index (χ1) is 26.1. The predicted molar refractivity (Wildman–Crippen MR) is 205 cm³/mol. The highest BCUT2D eigenvalue weighted by molar-refractivity contribution is 7.89. The molecule has 0 saturated carbocycles. The number of halogens is 1. The summed E-state index contributed by atoms with van der Waals surface area (Å²) in [6, 6.07) is 19.7. The third-order valence-electron chi connectivity index (χ3n) is 10.2. The Kier molecular flexibility index (Phi) is 11.8. The van der Waals surface area contributed by atoms with E-state index in [1.165, 1.54) is 17.7 Å². The molecule has 0 amide bonds. The second kappa shape index (κ2) is 16.9. The van der Waals surface area contributed by atoms with Crippen molar-refractivity contribution in [3.05, 3.63) is 90.0 Å². The maximum absolute atomic E-state index is 14.3. The number of benzene rings is 3. The van der Waals surface area contributed by atoms with E-state index >= 15 is 0 Å². The number of morpholine rings is 1. The molecular formula is C40H48FN7O5S. The average Bonchev–Trinajstić information content (AvgIpc) is 3.79. The molecule has 0 unspecified atom stereocenters. The van der Waals surface area contributed by atoms with Gasteiger partial charge in [-0.2, -0.15) is 0 Å². The maximum atomic E-state index is 14.3.